The van der Waals surface area contributed by atoms with Gasteiger partial charge in [0.25, 0.3) is 0 Å². The van der Waals surface area contributed by atoms with Crippen molar-refractivity contribution >= 4 is 5.97 Å². The highest BCUT2D eigenvalue weighted by Crippen LogP contribution is 2.43. The van der Waals surface area contributed by atoms with E-state index in [9.17, 15) is 4.79 Å². The van der Waals surface area contributed by atoms with Gasteiger partial charge in [0.15, 0.2) is 0 Å². The van der Waals surface area contributed by atoms with Crippen LogP contribution in [-0.2, 0) is 26.5 Å². The first-order valence-corrected chi connectivity index (χ1v) is 7.96. The number of benzene rings is 1. The van der Waals surface area contributed by atoms with Gasteiger partial charge >= 0.3 is 5.97 Å². The normalized spacial score (nSPS) is 17.0. The molecule has 22 heavy (non-hydrogen) atoms. The molecule has 0 spiro atoms. The maximum absolute atomic E-state index is 12.2. The second kappa shape index (κ2) is 7.10. The number of aryl methyl sites for hydroxylation is 1. The van der Waals surface area contributed by atoms with Gasteiger partial charge in [0.1, 0.15) is 5.60 Å². The van der Waals surface area contributed by atoms with Crippen LogP contribution in [0.15, 0.2) is 30.4 Å². The summed E-state index contributed by atoms with van der Waals surface area (Å²) in [5, 5.41) is 0. The molecule has 2 rings (SSSR count). The van der Waals surface area contributed by atoms with Crippen LogP contribution in [0.4, 0.5) is 0 Å². The molecule has 0 N–H and O–H groups in total. The molecule has 120 valence electrons. The monoisotopic (exact) mass is 302 g/mol. The number of rotatable bonds is 5. The van der Waals surface area contributed by atoms with E-state index in [-0.39, 0.29) is 5.97 Å². The largest absolute Gasteiger partial charge is 0.451 e. The Morgan fingerprint density at radius 3 is 2.55 bits per heavy atom. The van der Waals surface area contributed by atoms with Gasteiger partial charge in [-0.1, -0.05) is 36.8 Å². The van der Waals surface area contributed by atoms with Crippen LogP contribution in [0.25, 0.3) is 0 Å². The maximum atomic E-state index is 12.2. The molecule has 1 aliphatic rings. The summed E-state index contributed by atoms with van der Waals surface area (Å²) in [5.41, 5.74) is 3.29. The number of methoxy groups -OCH3 is 1. The molecule has 1 fully saturated rings. The summed E-state index contributed by atoms with van der Waals surface area (Å²) >= 11 is 0. The van der Waals surface area contributed by atoms with Gasteiger partial charge < -0.3 is 9.47 Å². The molecular weight excluding hydrogens is 276 g/mol. The van der Waals surface area contributed by atoms with Crippen LogP contribution in [0.1, 0.15) is 55.7 Å². The highest BCUT2D eigenvalue weighted by Gasteiger charge is 2.39. The molecule has 1 saturated carbocycles. The summed E-state index contributed by atoms with van der Waals surface area (Å²) in [7, 11) is 1.69. The van der Waals surface area contributed by atoms with Crippen LogP contribution in [0, 0.1) is 6.92 Å². The van der Waals surface area contributed by atoms with Crippen LogP contribution in [0.3, 0.4) is 0 Å². The number of ether oxygens (including phenoxy) is 2. The van der Waals surface area contributed by atoms with E-state index in [1.54, 1.807) is 14.0 Å². The second-order valence-corrected chi connectivity index (χ2v) is 6.32. The molecule has 0 unspecified atom stereocenters. The van der Waals surface area contributed by atoms with E-state index in [1.165, 1.54) is 12.0 Å². The minimum atomic E-state index is -0.534. The third-order valence-electron chi connectivity index (χ3n) is 4.35. The zero-order valence-corrected chi connectivity index (χ0v) is 13.9. The van der Waals surface area contributed by atoms with Crippen LogP contribution >= 0.6 is 0 Å². The minimum Gasteiger partial charge on any atom is -0.451 e. The Morgan fingerprint density at radius 1 is 1.27 bits per heavy atom. The highest BCUT2D eigenvalue weighted by atomic mass is 16.6. The fourth-order valence-corrected chi connectivity index (χ4v) is 3.21. The Hall–Kier alpha value is -1.61. The van der Waals surface area contributed by atoms with E-state index in [0.29, 0.717) is 12.2 Å². The Labute approximate surface area is 133 Å². The van der Waals surface area contributed by atoms with Gasteiger partial charge in [-0.3, -0.25) is 0 Å². The van der Waals surface area contributed by atoms with Crippen molar-refractivity contribution in [1.82, 2.24) is 0 Å². The molecule has 0 amide bonds. The van der Waals surface area contributed by atoms with Gasteiger partial charge in [-0.25, -0.2) is 4.79 Å². The molecular formula is C19H26O3. The molecule has 1 aromatic rings. The minimum absolute atomic E-state index is 0.299. The van der Waals surface area contributed by atoms with E-state index in [0.717, 1.165) is 36.8 Å². The molecule has 0 aliphatic heterocycles. The summed E-state index contributed by atoms with van der Waals surface area (Å²) in [5.74, 6) is -0.299. The number of carbonyl (C=O) groups is 1. The predicted molar refractivity (Wildman–Crippen MR) is 87.6 cm³/mol. The van der Waals surface area contributed by atoms with Crippen molar-refractivity contribution in [3.63, 3.8) is 0 Å². The van der Waals surface area contributed by atoms with Gasteiger partial charge in [0.05, 0.1) is 6.61 Å². The first-order valence-electron chi connectivity index (χ1n) is 7.96. The molecule has 0 radical (unpaired) electrons. The van der Waals surface area contributed by atoms with E-state index >= 15 is 0 Å². The van der Waals surface area contributed by atoms with Crippen LogP contribution < -0.4 is 0 Å². The number of hydrogen-bond acceptors (Lipinski definition) is 3. The van der Waals surface area contributed by atoms with Crippen molar-refractivity contribution in [2.45, 2.75) is 58.2 Å². The lowest BCUT2D eigenvalue weighted by atomic mass is 9.77. The molecule has 1 aliphatic carbocycles. The Bertz CT molecular complexity index is 554. The van der Waals surface area contributed by atoms with Crippen molar-refractivity contribution < 1.29 is 14.3 Å². The third kappa shape index (κ3) is 3.58. The smallest absolute Gasteiger partial charge is 0.333 e. The van der Waals surface area contributed by atoms with E-state index in [1.807, 2.05) is 0 Å². The van der Waals surface area contributed by atoms with Crippen molar-refractivity contribution in [2.75, 3.05) is 7.11 Å². The SMILES string of the molecule is C=C(C)C(=O)OC1(c2cc(C)ccc2COC)CCCCC1. The van der Waals surface area contributed by atoms with E-state index in [2.05, 4.69) is 31.7 Å². The number of esters is 1. The summed E-state index contributed by atoms with van der Waals surface area (Å²) in [4.78, 5) is 12.2. The fourth-order valence-electron chi connectivity index (χ4n) is 3.21. The first-order chi connectivity index (χ1) is 10.5. The zero-order valence-electron chi connectivity index (χ0n) is 13.9. The second-order valence-electron chi connectivity index (χ2n) is 6.32. The Kier molecular flexibility index (Phi) is 5.41. The molecule has 3 nitrogen and oxygen atoms in total. The molecule has 0 aromatic heterocycles. The average molecular weight is 302 g/mol. The fraction of sp³-hybridized carbons (Fsp3) is 0.526. The Balaban J connectivity index is 2.46. The topological polar surface area (TPSA) is 35.5 Å². The highest BCUT2D eigenvalue weighted by molar-refractivity contribution is 5.87. The lowest BCUT2D eigenvalue weighted by Gasteiger charge is -2.38. The summed E-state index contributed by atoms with van der Waals surface area (Å²) in [6.45, 7) is 8.02. The number of carbonyl (C=O) groups excluding carboxylic acids is 1. The molecule has 1 aromatic carbocycles. The predicted octanol–water partition coefficient (Wildman–Crippen LogP) is 4.42. The van der Waals surface area contributed by atoms with Gasteiger partial charge in [0, 0.05) is 18.2 Å². The van der Waals surface area contributed by atoms with Crippen molar-refractivity contribution in [2.24, 2.45) is 0 Å². The molecule has 0 saturated heterocycles. The summed E-state index contributed by atoms with van der Waals surface area (Å²) in [6.07, 6.45) is 5.07. The van der Waals surface area contributed by atoms with E-state index < -0.39 is 5.60 Å². The summed E-state index contributed by atoms with van der Waals surface area (Å²) < 4.78 is 11.3. The van der Waals surface area contributed by atoms with Crippen molar-refractivity contribution in [1.29, 1.82) is 0 Å². The average Bonchev–Trinajstić information content (AvgIpc) is 2.50. The standard InChI is InChI=1S/C19H26O3/c1-14(2)18(20)22-19(10-6-5-7-11-19)17-12-15(3)8-9-16(17)13-21-4/h8-9,12H,1,5-7,10-11,13H2,2-4H3. The first kappa shape index (κ1) is 16.8. The molecule has 0 bridgehead atoms. The number of hydrogen-bond donors (Lipinski definition) is 0. The van der Waals surface area contributed by atoms with Gasteiger partial charge in [-0.05, 0) is 45.1 Å². The van der Waals surface area contributed by atoms with Gasteiger partial charge in [-0.15, -0.1) is 0 Å². The van der Waals surface area contributed by atoms with E-state index in [4.69, 9.17) is 9.47 Å². The van der Waals surface area contributed by atoms with Crippen molar-refractivity contribution in [3.8, 4) is 0 Å². The lowest BCUT2D eigenvalue weighted by molar-refractivity contribution is -0.160. The molecule has 0 heterocycles. The van der Waals surface area contributed by atoms with Gasteiger partial charge in [0.2, 0.25) is 0 Å². The van der Waals surface area contributed by atoms with Crippen LogP contribution in [-0.4, -0.2) is 13.1 Å². The quantitative estimate of drug-likeness (QED) is 0.596. The maximum Gasteiger partial charge on any atom is 0.333 e. The molecule has 0 atom stereocenters. The van der Waals surface area contributed by atoms with Crippen molar-refractivity contribution in [3.05, 3.63) is 47.0 Å². The van der Waals surface area contributed by atoms with Crippen LogP contribution in [0.2, 0.25) is 0 Å². The third-order valence-corrected chi connectivity index (χ3v) is 4.35. The summed E-state index contributed by atoms with van der Waals surface area (Å²) in [6, 6.07) is 6.31. The van der Waals surface area contributed by atoms with Crippen LogP contribution in [0.5, 0.6) is 0 Å². The molecule has 3 heteroatoms. The van der Waals surface area contributed by atoms with Gasteiger partial charge in [-0.2, -0.15) is 0 Å². The Morgan fingerprint density at radius 2 is 1.95 bits per heavy atom. The zero-order chi connectivity index (χ0) is 16.2. The lowest BCUT2D eigenvalue weighted by Crippen LogP contribution is -2.36.